The van der Waals surface area contributed by atoms with Crippen molar-refractivity contribution in [2.24, 2.45) is 28.6 Å². The molecule has 0 aliphatic heterocycles. The minimum Gasteiger partial charge on any atom is -0.396 e. The number of thioether (sulfide) groups is 1. The van der Waals surface area contributed by atoms with Crippen LogP contribution in [-0.2, 0) is 9.59 Å². The van der Waals surface area contributed by atoms with E-state index in [1.807, 2.05) is 6.08 Å². The lowest BCUT2D eigenvalue weighted by molar-refractivity contribution is -0.159. The Hall–Kier alpha value is -0.650. The lowest BCUT2D eigenvalue weighted by Gasteiger charge is -2.58. The molecular weight excluding hydrogens is 372 g/mol. The van der Waals surface area contributed by atoms with Crippen molar-refractivity contribution in [2.45, 2.75) is 70.8 Å². The number of fused-ring (bicyclic) bond motifs is 5. The number of ketones is 2. The van der Waals surface area contributed by atoms with E-state index in [4.69, 9.17) is 5.11 Å². The van der Waals surface area contributed by atoms with E-state index in [-0.39, 0.29) is 29.0 Å². The second-order valence-corrected chi connectivity index (χ2v) is 11.1. The highest BCUT2D eigenvalue weighted by molar-refractivity contribution is 7.99. The first-order valence-corrected chi connectivity index (χ1v) is 12.1. The van der Waals surface area contributed by atoms with Crippen LogP contribution in [0.15, 0.2) is 11.6 Å². The Morgan fingerprint density at radius 3 is 2.64 bits per heavy atom. The molecule has 0 heterocycles. The molecule has 3 saturated carbocycles. The Morgan fingerprint density at radius 2 is 1.89 bits per heavy atom. The molecule has 4 nitrogen and oxygen atoms in total. The van der Waals surface area contributed by atoms with E-state index < -0.39 is 5.60 Å². The Bertz CT molecular complexity index is 703. The summed E-state index contributed by atoms with van der Waals surface area (Å²) < 4.78 is 0. The fourth-order valence-corrected chi connectivity index (χ4v) is 8.08. The van der Waals surface area contributed by atoms with Gasteiger partial charge in [-0.2, -0.15) is 11.8 Å². The fourth-order valence-electron chi connectivity index (χ4n) is 7.38. The average molecular weight is 407 g/mol. The summed E-state index contributed by atoms with van der Waals surface area (Å²) in [6, 6.07) is 0. The normalized spacial score (nSPS) is 45.1. The molecule has 4 aliphatic carbocycles. The minimum absolute atomic E-state index is 0.0414. The van der Waals surface area contributed by atoms with Crippen LogP contribution in [0.25, 0.3) is 0 Å². The summed E-state index contributed by atoms with van der Waals surface area (Å²) >= 11 is 1.42. The summed E-state index contributed by atoms with van der Waals surface area (Å²) in [7, 11) is 0. The number of Topliss-reactive ketones (excluding diaryl/α,β-unsaturated/α-hetero) is 1. The molecule has 0 saturated heterocycles. The number of allylic oxidation sites excluding steroid dienone is 1. The van der Waals surface area contributed by atoms with Gasteiger partial charge in [0.25, 0.3) is 0 Å². The summed E-state index contributed by atoms with van der Waals surface area (Å²) in [5.74, 6) is 2.58. The van der Waals surface area contributed by atoms with E-state index >= 15 is 0 Å². The summed E-state index contributed by atoms with van der Waals surface area (Å²) in [4.78, 5) is 24.9. The first-order valence-electron chi connectivity index (χ1n) is 10.9. The van der Waals surface area contributed by atoms with Gasteiger partial charge in [0.1, 0.15) is 5.60 Å². The third kappa shape index (κ3) is 2.87. The number of aliphatic hydroxyl groups excluding tert-OH is 1. The predicted octanol–water partition coefficient (Wildman–Crippen LogP) is 3.54. The van der Waals surface area contributed by atoms with Crippen LogP contribution in [0.3, 0.4) is 0 Å². The van der Waals surface area contributed by atoms with Crippen LogP contribution in [0.4, 0.5) is 0 Å². The highest BCUT2D eigenvalue weighted by atomic mass is 32.2. The second-order valence-electron chi connectivity index (χ2n) is 10.0. The summed E-state index contributed by atoms with van der Waals surface area (Å²) in [5.41, 5.74) is -0.0734. The maximum atomic E-state index is 13.0. The predicted molar refractivity (Wildman–Crippen MR) is 111 cm³/mol. The number of hydrogen-bond acceptors (Lipinski definition) is 5. The van der Waals surface area contributed by atoms with E-state index in [1.165, 1.54) is 17.3 Å². The molecule has 0 bridgehead atoms. The van der Waals surface area contributed by atoms with Gasteiger partial charge in [-0.15, -0.1) is 0 Å². The first kappa shape index (κ1) is 20.6. The third-order valence-electron chi connectivity index (χ3n) is 9.04. The number of aliphatic hydroxyl groups is 2. The molecule has 0 aromatic rings. The molecule has 3 fully saturated rings. The number of rotatable bonds is 5. The van der Waals surface area contributed by atoms with Crippen molar-refractivity contribution in [3.05, 3.63) is 11.6 Å². The van der Waals surface area contributed by atoms with E-state index in [0.717, 1.165) is 38.5 Å². The van der Waals surface area contributed by atoms with Gasteiger partial charge in [0.05, 0.1) is 12.4 Å². The molecule has 4 aliphatic rings. The van der Waals surface area contributed by atoms with Crippen molar-refractivity contribution in [1.82, 2.24) is 0 Å². The van der Waals surface area contributed by atoms with E-state index in [0.29, 0.717) is 42.1 Å². The SMILES string of the molecule is C[C@]12CCC(=O)C=C1CC[C@@H]1[C@@H]2CC[C@@]2(C)[C@H]1CC[C@]2(O)C(=O)CSCCO. The van der Waals surface area contributed by atoms with Crippen LogP contribution in [0, 0.1) is 28.6 Å². The Labute approximate surface area is 172 Å². The van der Waals surface area contributed by atoms with Crippen LogP contribution in [0.1, 0.15) is 65.2 Å². The van der Waals surface area contributed by atoms with Gasteiger partial charge in [-0.05, 0) is 74.2 Å². The zero-order chi connectivity index (χ0) is 20.2. The van der Waals surface area contributed by atoms with Gasteiger partial charge < -0.3 is 10.2 Å². The maximum absolute atomic E-state index is 13.0. The molecule has 4 rings (SSSR count). The zero-order valence-electron chi connectivity index (χ0n) is 17.2. The molecule has 0 aromatic carbocycles. The van der Waals surface area contributed by atoms with Crippen molar-refractivity contribution in [2.75, 3.05) is 18.1 Å². The Morgan fingerprint density at radius 1 is 1.14 bits per heavy atom. The van der Waals surface area contributed by atoms with Crippen LogP contribution in [0.5, 0.6) is 0 Å². The van der Waals surface area contributed by atoms with Gasteiger partial charge in [0.2, 0.25) is 0 Å². The molecule has 0 amide bonds. The molecule has 28 heavy (non-hydrogen) atoms. The summed E-state index contributed by atoms with van der Waals surface area (Å²) in [5, 5.41) is 20.5. The van der Waals surface area contributed by atoms with E-state index in [2.05, 4.69) is 13.8 Å². The molecule has 0 radical (unpaired) electrons. The van der Waals surface area contributed by atoms with Gasteiger partial charge in [-0.3, -0.25) is 9.59 Å². The molecular formula is C23H34O4S. The second kappa shape index (κ2) is 7.24. The van der Waals surface area contributed by atoms with Crippen molar-refractivity contribution in [3.8, 4) is 0 Å². The standard InChI is InChI=1S/C23H34O4S/c1-21-8-5-16(25)13-15(21)3-4-17-18(21)6-9-22(2)19(17)7-10-23(22,27)20(26)14-28-12-11-24/h13,17-19,24,27H,3-12,14H2,1-2H3/t17-,18+,19+,21+,22+,23+/m1/s1. The maximum Gasteiger partial charge on any atom is 0.174 e. The molecule has 0 aromatic heterocycles. The monoisotopic (exact) mass is 406 g/mol. The first-order chi connectivity index (χ1) is 13.3. The highest BCUT2D eigenvalue weighted by Crippen LogP contribution is 2.67. The van der Waals surface area contributed by atoms with Gasteiger partial charge in [0, 0.05) is 17.6 Å². The minimum atomic E-state index is -1.22. The number of hydrogen-bond donors (Lipinski definition) is 2. The lowest BCUT2D eigenvalue weighted by Crippen LogP contribution is -2.58. The molecule has 5 heteroatoms. The van der Waals surface area contributed by atoms with E-state index in [1.54, 1.807) is 0 Å². The smallest absolute Gasteiger partial charge is 0.174 e. The third-order valence-corrected chi connectivity index (χ3v) is 9.98. The summed E-state index contributed by atoms with van der Waals surface area (Å²) in [6.07, 6.45) is 9.07. The number of carbonyl (C=O) groups excluding carboxylic acids is 2. The molecule has 2 N–H and O–H groups in total. The molecule has 156 valence electrons. The highest BCUT2D eigenvalue weighted by Gasteiger charge is 2.65. The van der Waals surface area contributed by atoms with Crippen molar-refractivity contribution in [1.29, 1.82) is 0 Å². The molecule has 0 unspecified atom stereocenters. The van der Waals surface area contributed by atoms with Crippen molar-refractivity contribution >= 4 is 23.3 Å². The van der Waals surface area contributed by atoms with Crippen LogP contribution in [-0.4, -0.2) is 45.5 Å². The van der Waals surface area contributed by atoms with Crippen molar-refractivity contribution in [3.63, 3.8) is 0 Å². The van der Waals surface area contributed by atoms with Crippen LogP contribution in [0.2, 0.25) is 0 Å². The average Bonchev–Trinajstić information content (AvgIpc) is 2.95. The Kier molecular flexibility index (Phi) is 5.33. The summed E-state index contributed by atoms with van der Waals surface area (Å²) in [6.45, 7) is 4.59. The topological polar surface area (TPSA) is 74.6 Å². The van der Waals surface area contributed by atoms with Gasteiger partial charge >= 0.3 is 0 Å². The quantitative estimate of drug-likeness (QED) is 0.683. The number of carbonyl (C=O) groups is 2. The van der Waals surface area contributed by atoms with Crippen molar-refractivity contribution < 1.29 is 19.8 Å². The zero-order valence-corrected chi connectivity index (χ0v) is 18.0. The van der Waals surface area contributed by atoms with Gasteiger partial charge in [-0.25, -0.2) is 0 Å². The van der Waals surface area contributed by atoms with E-state index in [9.17, 15) is 14.7 Å². The van der Waals surface area contributed by atoms with Crippen LogP contribution >= 0.6 is 11.8 Å². The molecule has 0 spiro atoms. The van der Waals surface area contributed by atoms with Crippen LogP contribution < -0.4 is 0 Å². The molecule has 6 atom stereocenters. The fraction of sp³-hybridized carbons (Fsp3) is 0.826. The largest absolute Gasteiger partial charge is 0.396 e. The Balaban J connectivity index is 1.58. The van der Waals surface area contributed by atoms with Gasteiger partial charge in [0.15, 0.2) is 11.6 Å². The lowest BCUT2D eigenvalue weighted by atomic mass is 9.46. The van der Waals surface area contributed by atoms with Gasteiger partial charge in [-0.1, -0.05) is 19.4 Å².